The van der Waals surface area contributed by atoms with Crippen molar-refractivity contribution in [3.8, 4) is 0 Å². The Morgan fingerprint density at radius 2 is 2.09 bits per heavy atom. The number of amides is 3. The molecule has 2 atom stereocenters. The van der Waals surface area contributed by atoms with Crippen LogP contribution in [0.2, 0.25) is 0 Å². The van der Waals surface area contributed by atoms with E-state index in [0.29, 0.717) is 24.5 Å². The van der Waals surface area contributed by atoms with Crippen LogP contribution >= 0.6 is 27.3 Å². The molecular formula is C22H22BrN3O6S. The SMILES string of the molecule is O=C(Nc1ccc(N2CCOCC2=O)cc1)O[C@@H]1C[C@@H](O)CN1C(=O)/C=C/c1cc(Br)cs1. The summed E-state index contributed by atoms with van der Waals surface area (Å²) in [5.41, 5.74) is 1.19. The summed E-state index contributed by atoms with van der Waals surface area (Å²) in [6.07, 6.45) is 0.818. The largest absolute Gasteiger partial charge is 0.425 e. The van der Waals surface area contributed by atoms with Gasteiger partial charge in [-0.15, -0.1) is 11.3 Å². The molecule has 2 fully saturated rings. The lowest BCUT2D eigenvalue weighted by Gasteiger charge is -2.27. The number of rotatable bonds is 5. The molecule has 0 saturated carbocycles. The standard InChI is InChI=1S/C22H22BrN3O6S/c23-14-9-18(33-13-14)5-6-19(28)26-11-17(27)10-21(26)32-22(30)24-15-1-3-16(4-2-15)25-7-8-31-12-20(25)29/h1-6,9,13,17,21,27H,7-8,10-12H2,(H,24,30)/b6-5+/t17-,21-/m1/s1. The fourth-order valence-corrected chi connectivity index (χ4v) is 4.91. The summed E-state index contributed by atoms with van der Waals surface area (Å²) in [6.45, 7) is 1.08. The van der Waals surface area contributed by atoms with Gasteiger partial charge in [-0.25, -0.2) is 4.79 Å². The highest BCUT2D eigenvalue weighted by Crippen LogP contribution is 2.24. The number of morpholine rings is 1. The van der Waals surface area contributed by atoms with E-state index in [4.69, 9.17) is 9.47 Å². The van der Waals surface area contributed by atoms with E-state index >= 15 is 0 Å². The van der Waals surface area contributed by atoms with E-state index in [9.17, 15) is 19.5 Å². The van der Waals surface area contributed by atoms with Crippen molar-refractivity contribution in [1.82, 2.24) is 4.90 Å². The van der Waals surface area contributed by atoms with Crippen molar-refractivity contribution in [2.75, 3.05) is 36.5 Å². The number of anilines is 2. The van der Waals surface area contributed by atoms with Gasteiger partial charge < -0.3 is 24.4 Å². The molecule has 2 aromatic rings. The van der Waals surface area contributed by atoms with E-state index in [2.05, 4.69) is 21.2 Å². The summed E-state index contributed by atoms with van der Waals surface area (Å²) in [5.74, 6) is -0.472. The molecule has 0 unspecified atom stereocenters. The molecule has 4 rings (SSSR count). The van der Waals surface area contributed by atoms with E-state index < -0.39 is 18.4 Å². The molecule has 1 aromatic heterocycles. The summed E-state index contributed by atoms with van der Waals surface area (Å²) >= 11 is 4.85. The summed E-state index contributed by atoms with van der Waals surface area (Å²) < 4.78 is 11.5. The number of aliphatic hydroxyl groups excluding tert-OH is 1. The highest BCUT2D eigenvalue weighted by atomic mass is 79.9. The first-order valence-electron chi connectivity index (χ1n) is 10.3. The molecule has 0 aliphatic carbocycles. The number of likely N-dealkylation sites (tertiary alicyclic amines) is 1. The van der Waals surface area contributed by atoms with Crippen LogP contribution in [0.15, 0.2) is 46.3 Å². The van der Waals surface area contributed by atoms with Crippen LogP contribution in [0.3, 0.4) is 0 Å². The molecule has 1 aromatic carbocycles. The van der Waals surface area contributed by atoms with Gasteiger partial charge in [0.1, 0.15) is 6.61 Å². The molecule has 33 heavy (non-hydrogen) atoms. The van der Waals surface area contributed by atoms with Gasteiger partial charge in [0.05, 0.1) is 19.3 Å². The Labute approximate surface area is 202 Å². The second kappa shape index (κ2) is 10.5. The number of halogens is 1. The Bertz CT molecular complexity index is 1060. The molecule has 174 valence electrons. The zero-order valence-electron chi connectivity index (χ0n) is 17.5. The zero-order valence-corrected chi connectivity index (χ0v) is 19.9. The molecule has 0 spiro atoms. The Hall–Kier alpha value is -2.73. The number of aliphatic hydroxyl groups is 1. The number of nitrogens with one attached hydrogen (secondary N) is 1. The first-order valence-corrected chi connectivity index (χ1v) is 11.9. The lowest BCUT2D eigenvalue weighted by molar-refractivity contribution is -0.132. The average Bonchev–Trinajstić information content (AvgIpc) is 3.37. The predicted octanol–water partition coefficient (Wildman–Crippen LogP) is 3.06. The number of β-amino-alcohol motifs (C(OH)–C–C–N with tert-alkyl or cyclic N) is 1. The monoisotopic (exact) mass is 535 g/mol. The summed E-state index contributed by atoms with van der Waals surface area (Å²) in [4.78, 5) is 40.8. The van der Waals surface area contributed by atoms with E-state index in [1.165, 1.54) is 22.3 Å². The maximum absolute atomic E-state index is 12.6. The maximum Gasteiger partial charge on any atom is 0.413 e. The van der Waals surface area contributed by atoms with Gasteiger partial charge in [-0.1, -0.05) is 0 Å². The first-order chi connectivity index (χ1) is 15.9. The maximum atomic E-state index is 12.6. The van der Waals surface area contributed by atoms with Crippen molar-refractivity contribution in [1.29, 1.82) is 0 Å². The lowest BCUT2D eigenvalue weighted by atomic mass is 10.2. The number of carbonyl (C=O) groups excluding carboxylic acids is 3. The van der Waals surface area contributed by atoms with E-state index in [1.54, 1.807) is 35.2 Å². The average molecular weight is 536 g/mol. The van der Waals surface area contributed by atoms with Crippen LogP contribution in [0.5, 0.6) is 0 Å². The van der Waals surface area contributed by atoms with Gasteiger partial charge >= 0.3 is 6.09 Å². The van der Waals surface area contributed by atoms with Crippen LogP contribution < -0.4 is 10.2 Å². The molecule has 0 radical (unpaired) electrons. The quantitative estimate of drug-likeness (QED) is 0.569. The third-order valence-corrected chi connectivity index (χ3v) is 6.80. The molecule has 0 bridgehead atoms. The molecule has 2 N–H and O–H groups in total. The minimum atomic E-state index is -0.877. The first kappa shape index (κ1) is 23.4. The van der Waals surface area contributed by atoms with Crippen LogP contribution in [0, 0.1) is 0 Å². The van der Waals surface area contributed by atoms with Gasteiger partial charge in [0.25, 0.3) is 5.91 Å². The number of carbonyl (C=O) groups is 3. The highest BCUT2D eigenvalue weighted by molar-refractivity contribution is 9.10. The number of thiophene rings is 1. The predicted molar refractivity (Wildman–Crippen MR) is 127 cm³/mol. The smallest absolute Gasteiger partial charge is 0.413 e. The van der Waals surface area contributed by atoms with Crippen LogP contribution in [-0.4, -0.2) is 66.5 Å². The fraction of sp³-hybridized carbons (Fsp3) is 0.318. The Morgan fingerprint density at radius 1 is 1.30 bits per heavy atom. The van der Waals surface area contributed by atoms with Gasteiger partial charge in [-0.3, -0.25) is 14.9 Å². The highest BCUT2D eigenvalue weighted by Gasteiger charge is 2.36. The van der Waals surface area contributed by atoms with Crippen molar-refractivity contribution in [2.24, 2.45) is 0 Å². The van der Waals surface area contributed by atoms with E-state index in [-0.39, 0.29) is 31.4 Å². The molecule has 3 heterocycles. The number of hydrogen-bond acceptors (Lipinski definition) is 7. The van der Waals surface area contributed by atoms with Gasteiger partial charge in [-0.05, 0) is 52.3 Å². The van der Waals surface area contributed by atoms with Gasteiger partial charge in [-0.2, -0.15) is 0 Å². The third-order valence-electron chi connectivity index (χ3n) is 5.14. The van der Waals surface area contributed by atoms with Crippen LogP contribution in [0.1, 0.15) is 11.3 Å². The normalized spacial score (nSPS) is 21.0. The Balaban J connectivity index is 1.34. The van der Waals surface area contributed by atoms with Crippen molar-refractivity contribution >= 4 is 62.6 Å². The summed E-state index contributed by atoms with van der Waals surface area (Å²) in [6, 6.07) is 8.65. The zero-order chi connectivity index (χ0) is 23.4. The lowest BCUT2D eigenvalue weighted by Crippen LogP contribution is -2.41. The van der Waals surface area contributed by atoms with Crippen LogP contribution in [-0.2, 0) is 19.1 Å². The van der Waals surface area contributed by atoms with Gasteiger partial charge in [0.15, 0.2) is 6.23 Å². The molecule has 3 amide bonds. The van der Waals surface area contributed by atoms with Crippen molar-refractivity contribution < 1.29 is 29.0 Å². The third kappa shape index (κ3) is 5.99. The van der Waals surface area contributed by atoms with Crippen LogP contribution in [0.25, 0.3) is 6.08 Å². The van der Waals surface area contributed by atoms with E-state index in [1.807, 2.05) is 11.4 Å². The molecule has 11 heteroatoms. The van der Waals surface area contributed by atoms with Crippen LogP contribution in [0.4, 0.5) is 16.2 Å². The topological polar surface area (TPSA) is 108 Å². The van der Waals surface area contributed by atoms with Gasteiger partial charge in [0, 0.05) is 45.1 Å². The van der Waals surface area contributed by atoms with Gasteiger partial charge in [0.2, 0.25) is 5.91 Å². The van der Waals surface area contributed by atoms with E-state index in [0.717, 1.165) is 9.35 Å². The van der Waals surface area contributed by atoms with Crippen molar-refractivity contribution in [3.63, 3.8) is 0 Å². The number of benzene rings is 1. The number of ether oxygens (including phenoxy) is 2. The second-order valence-electron chi connectivity index (χ2n) is 7.51. The van der Waals surface area contributed by atoms with Crippen molar-refractivity contribution in [3.05, 3.63) is 51.1 Å². The molecule has 2 aliphatic rings. The minimum absolute atomic E-state index is 0.0504. The molecular weight excluding hydrogens is 514 g/mol. The number of nitrogens with zero attached hydrogens (tertiary/aromatic N) is 2. The van der Waals surface area contributed by atoms with Crippen molar-refractivity contribution in [2.45, 2.75) is 18.8 Å². The molecule has 9 nitrogen and oxygen atoms in total. The Morgan fingerprint density at radius 3 is 2.79 bits per heavy atom. The summed E-state index contributed by atoms with van der Waals surface area (Å²) in [7, 11) is 0. The minimum Gasteiger partial charge on any atom is -0.425 e. The second-order valence-corrected chi connectivity index (χ2v) is 9.37. The molecule has 2 saturated heterocycles. The fourth-order valence-electron chi connectivity index (χ4n) is 3.57. The Kier molecular flexibility index (Phi) is 7.43. The molecule has 2 aliphatic heterocycles. The summed E-state index contributed by atoms with van der Waals surface area (Å²) in [5, 5.41) is 14.5. The number of hydrogen-bond donors (Lipinski definition) is 2.